The molecule has 1 atom stereocenters. The van der Waals surface area contributed by atoms with E-state index in [0.29, 0.717) is 32.4 Å². The van der Waals surface area contributed by atoms with E-state index in [9.17, 15) is 18.4 Å². The number of carbonyl (C=O) groups is 2. The highest BCUT2D eigenvalue weighted by Gasteiger charge is 2.30. The van der Waals surface area contributed by atoms with Crippen LogP contribution < -0.4 is 10.1 Å². The summed E-state index contributed by atoms with van der Waals surface area (Å²) in [5.41, 5.74) is -0.642. The lowest BCUT2D eigenvalue weighted by Crippen LogP contribution is -2.52. The lowest BCUT2D eigenvalue weighted by Gasteiger charge is -2.34. The number of alkyl carbamates (subject to hydrolysis) is 1. The van der Waals surface area contributed by atoms with Gasteiger partial charge in [0.05, 0.1) is 0 Å². The van der Waals surface area contributed by atoms with Crippen LogP contribution in [0.15, 0.2) is 18.2 Å². The first-order chi connectivity index (χ1) is 13.1. The van der Waals surface area contributed by atoms with Crippen LogP contribution in [0.25, 0.3) is 0 Å². The van der Waals surface area contributed by atoms with Crippen LogP contribution in [0.2, 0.25) is 0 Å². The van der Waals surface area contributed by atoms with Gasteiger partial charge in [-0.1, -0.05) is 6.92 Å². The minimum Gasteiger partial charge on any atom is -0.487 e. The van der Waals surface area contributed by atoms with Crippen molar-refractivity contribution in [1.29, 1.82) is 0 Å². The number of ether oxygens (including phenoxy) is 2. The third-order valence-electron chi connectivity index (χ3n) is 4.34. The van der Waals surface area contributed by atoms with Crippen molar-refractivity contribution in [2.75, 3.05) is 13.1 Å². The fourth-order valence-electron chi connectivity index (χ4n) is 2.95. The Morgan fingerprint density at radius 1 is 1.25 bits per heavy atom. The van der Waals surface area contributed by atoms with E-state index >= 15 is 0 Å². The van der Waals surface area contributed by atoms with Gasteiger partial charge in [0.1, 0.15) is 23.6 Å². The molecule has 1 aromatic carbocycles. The van der Waals surface area contributed by atoms with Gasteiger partial charge >= 0.3 is 6.09 Å². The molecule has 1 fully saturated rings. The van der Waals surface area contributed by atoms with Crippen molar-refractivity contribution >= 4 is 12.0 Å². The third-order valence-corrected chi connectivity index (χ3v) is 4.34. The summed E-state index contributed by atoms with van der Waals surface area (Å²) in [7, 11) is 0. The zero-order valence-corrected chi connectivity index (χ0v) is 16.8. The van der Waals surface area contributed by atoms with Gasteiger partial charge in [-0.05, 0) is 39.3 Å². The first-order valence-electron chi connectivity index (χ1n) is 9.49. The Hall–Kier alpha value is -2.38. The maximum atomic E-state index is 13.7. The standard InChI is InChI=1S/C20H28F2N2O4/c1-5-16(23-19(26)28-20(2,3)4)18(25)24-10-8-14(9-11-24)27-17-7-6-13(21)12-15(17)22/h6-7,12,14,16H,5,8-11H2,1-4H3,(H,23,26)/t16-/m0/s1. The number of nitrogens with zero attached hydrogens (tertiary/aromatic N) is 1. The monoisotopic (exact) mass is 398 g/mol. The van der Waals surface area contributed by atoms with Crippen molar-refractivity contribution in [1.82, 2.24) is 10.2 Å². The van der Waals surface area contributed by atoms with E-state index in [-0.39, 0.29) is 17.8 Å². The minimum absolute atomic E-state index is 0.00389. The predicted octanol–water partition coefficient (Wildman–Crippen LogP) is 3.64. The molecule has 1 heterocycles. The minimum atomic E-state index is -0.744. The molecule has 1 saturated heterocycles. The average Bonchev–Trinajstić information content (AvgIpc) is 2.60. The molecule has 0 aromatic heterocycles. The van der Waals surface area contributed by atoms with Crippen molar-refractivity contribution in [3.63, 3.8) is 0 Å². The summed E-state index contributed by atoms with van der Waals surface area (Å²) < 4.78 is 37.5. The molecule has 28 heavy (non-hydrogen) atoms. The van der Waals surface area contributed by atoms with Gasteiger partial charge < -0.3 is 19.7 Å². The molecule has 1 aliphatic heterocycles. The smallest absolute Gasteiger partial charge is 0.408 e. The summed E-state index contributed by atoms with van der Waals surface area (Å²) in [4.78, 5) is 26.3. The van der Waals surface area contributed by atoms with E-state index in [1.165, 1.54) is 6.07 Å². The highest BCUT2D eigenvalue weighted by Crippen LogP contribution is 2.23. The van der Waals surface area contributed by atoms with Gasteiger partial charge in [0.2, 0.25) is 5.91 Å². The number of likely N-dealkylation sites (tertiary alicyclic amines) is 1. The molecule has 0 radical (unpaired) electrons. The molecule has 2 amide bonds. The van der Waals surface area contributed by atoms with Crippen LogP contribution in [-0.4, -0.2) is 47.7 Å². The fourth-order valence-corrected chi connectivity index (χ4v) is 2.95. The van der Waals surface area contributed by atoms with Gasteiger partial charge in [-0.15, -0.1) is 0 Å². The van der Waals surface area contributed by atoms with E-state index < -0.39 is 29.4 Å². The van der Waals surface area contributed by atoms with E-state index in [1.54, 1.807) is 25.7 Å². The molecule has 0 aliphatic carbocycles. The Kier molecular flexibility index (Phi) is 7.21. The first kappa shape index (κ1) is 21.9. The van der Waals surface area contributed by atoms with E-state index in [0.717, 1.165) is 12.1 Å². The molecular weight excluding hydrogens is 370 g/mol. The SMILES string of the molecule is CC[C@H](NC(=O)OC(C)(C)C)C(=O)N1CCC(Oc2ccc(F)cc2F)CC1. The van der Waals surface area contributed by atoms with Gasteiger partial charge in [-0.25, -0.2) is 13.6 Å². The molecule has 0 bridgehead atoms. The number of halogens is 2. The Labute approximate surface area is 164 Å². The van der Waals surface area contributed by atoms with E-state index in [4.69, 9.17) is 9.47 Å². The van der Waals surface area contributed by atoms with E-state index in [2.05, 4.69) is 5.32 Å². The zero-order chi connectivity index (χ0) is 20.9. The molecule has 8 heteroatoms. The first-order valence-corrected chi connectivity index (χ1v) is 9.49. The number of carbonyl (C=O) groups excluding carboxylic acids is 2. The van der Waals surface area contributed by atoms with Crippen LogP contribution in [-0.2, 0) is 9.53 Å². The molecule has 156 valence electrons. The van der Waals surface area contributed by atoms with Crippen LogP contribution in [0.3, 0.4) is 0 Å². The topological polar surface area (TPSA) is 67.9 Å². The Morgan fingerprint density at radius 2 is 1.89 bits per heavy atom. The molecule has 0 spiro atoms. The third kappa shape index (κ3) is 6.35. The Bertz CT molecular complexity index is 698. The van der Waals surface area contributed by atoms with Crippen molar-refractivity contribution in [2.45, 2.75) is 64.7 Å². The number of rotatable bonds is 5. The van der Waals surface area contributed by atoms with Gasteiger partial charge in [-0.2, -0.15) is 0 Å². The number of nitrogens with one attached hydrogen (secondary N) is 1. The Morgan fingerprint density at radius 3 is 2.43 bits per heavy atom. The van der Waals surface area contributed by atoms with Crippen LogP contribution in [0.1, 0.15) is 47.0 Å². The largest absolute Gasteiger partial charge is 0.487 e. The predicted molar refractivity (Wildman–Crippen MR) is 100 cm³/mol. The summed E-state index contributed by atoms with van der Waals surface area (Å²) in [6.07, 6.45) is 0.590. The molecule has 1 aliphatic rings. The maximum absolute atomic E-state index is 13.7. The van der Waals surface area contributed by atoms with Crippen LogP contribution in [0, 0.1) is 11.6 Å². The van der Waals surface area contributed by atoms with Gasteiger partial charge in [0, 0.05) is 32.0 Å². The van der Waals surface area contributed by atoms with Crippen molar-refractivity contribution < 1.29 is 27.8 Å². The molecule has 0 saturated carbocycles. The molecule has 0 unspecified atom stereocenters. The van der Waals surface area contributed by atoms with Gasteiger partial charge in [0.25, 0.3) is 0 Å². The van der Waals surface area contributed by atoms with Crippen LogP contribution >= 0.6 is 0 Å². The van der Waals surface area contributed by atoms with Gasteiger partial charge in [-0.3, -0.25) is 4.79 Å². The second-order valence-corrected chi connectivity index (χ2v) is 7.82. The Balaban J connectivity index is 1.86. The number of piperidine rings is 1. The number of hydrogen-bond acceptors (Lipinski definition) is 4. The quantitative estimate of drug-likeness (QED) is 0.822. The lowest BCUT2D eigenvalue weighted by atomic mass is 10.1. The molecule has 1 N–H and O–H groups in total. The van der Waals surface area contributed by atoms with Crippen molar-refractivity contribution in [2.24, 2.45) is 0 Å². The van der Waals surface area contributed by atoms with Crippen LogP contribution in [0.4, 0.5) is 13.6 Å². The fraction of sp³-hybridized carbons (Fsp3) is 0.600. The van der Waals surface area contributed by atoms with Crippen LogP contribution in [0.5, 0.6) is 5.75 Å². The molecule has 6 nitrogen and oxygen atoms in total. The number of amides is 2. The maximum Gasteiger partial charge on any atom is 0.408 e. The summed E-state index contributed by atoms with van der Waals surface area (Å²) in [6.45, 7) is 7.93. The average molecular weight is 398 g/mol. The second-order valence-electron chi connectivity index (χ2n) is 7.82. The summed E-state index contributed by atoms with van der Waals surface area (Å²) in [5.74, 6) is -1.58. The highest BCUT2D eigenvalue weighted by molar-refractivity contribution is 5.85. The molecule has 1 aromatic rings. The zero-order valence-electron chi connectivity index (χ0n) is 16.8. The lowest BCUT2D eigenvalue weighted by molar-refractivity contribution is -0.135. The van der Waals surface area contributed by atoms with Crippen molar-refractivity contribution in [3.8, 4) is 5.75 Å². The second kappa shape index (κ2) is 9.21. The number of hydrogen-bond donors (Lipinski definition) is 1. The summed E-state index contributed by atoms with van der Waals surface area (Å²) >= 11 is 0. The normalized spacial score (nSPS) is 16.4. The molecular formula is C20H28F2N2O4. The highest BCUT2D eigenvalue weighted by atomic mass is 19.1. The number of benzene rings is 1. The van der Waals surface area contributed by atoms with Gasteiger partial charge in [0.15, 0.2) is 11.6 Å². The van der Waals surface area contributed by atoms with Crippen molar-refractivity contribution in [3.05, 3.63) is 29.8 Å². The summed E-state index contributed by atoms with van der Waals surface area (Å²) in [5, 5.41) is 2.62. The van der Waals surface area contributed by atoms with E-state index in [1.807, 2.05) is 6.92 Å². The summed E-state index contributed by atoms with van der Waals surface area (Å²) in [6, 6.07) is 2.52. The molecule has 2 rings (SSSR count).